The minimum atomic E-state index is -0.635. The minimum Gasteiger partial charge on any atom is -0.490 e. The molecule has 32 heavy (non-hydrogen) atoms. The monoisotopic (exact) mass is 437 g/mol. The number of fused-ring (bicyclic) bond motifs is 2. The number of aliphatic hydroxyl groups excluding tert-OH is 1. The Hall–Kier alpha value is -3.32. The molecule has 0 unspecified atom stereocenters. The molecular formula is C25H27NO6. The summed E-state index contributed by atoms with van der Waals surface area (Å²) < 4.78 is 17.5. The second kappa shape index (κ2) is 9.44. The van der Waals surface area contributed by atoms with Gasteiger partial charge in [0.2, 0.25) is 5.76 Å². The van der Waals surface area contributed by atoms with Crippen LogP contribution < -0.4 is 14.9 Å². The van der Waals surface area contributed by atoms with E-state index in [2.05, 4.69) is 0 Å². The first-order valence-electron chi connectivity index (χ1n) is 11.0. The van der Waals surface area contributed by atoms with Gasteiger partial charge in [-0.1, -0.05) is 25.1 Å². The molecular weight excluding hydrogens is 410 g/mol. The highest BCUT2D eigenvalue weighted by Gasteiger charge is 2.42. The number of aliphatic hydroxyl groups is 1. The molecule has 2 heterocycles. The predicted molar refractivity (Wildman–Crippen MR) is 120 cm³/mol. The summed E-state index contributed by atoms with van der Waals surface area (Å²) in [5, 5.41) is 9.80. The number of para-hydroxylation sites is 1. The van der Waals surface area contributed by atoms with Crippen LogP contribution in [0.25, 0.3) is 11.0 Å². The van der Waals surface area contributed by atoms with Gasteiger partial charge in [-0.3, -0.25) is 9.59 Å². The lowest BCUT2D eigenvalue weighted by Crippen LogP contribution is -2.31. The molecule has 1 N–H and O–H groups in total. The number of rotatable bonds is 9. The van der Waals surface area contributed by atoms with E-state index in [4.69, 9.17) is 13.9 Å². The summed E-state index contributed by atoms with van der Waals surface area (Å²) in [5.41, 5.74) is 1.20. The molecule has 3 aromatic rings. The Balaban J connectivity index is 1.88. The maximum absolute atomic E-state index is 13.4. The number of nitrogens with zero attached hydrogens (tertiary/aromatic N) is 1. The molecule has 0 saturated heterocycles. The Morgan fingerprint density at radius 1 is 1.06 bits per heavy atom. The van der Waals surface area contributed by atoms with Crippen LogP contribution in [0.2, 0.25) is 0 Å². The van der Waals surface area contributed by atoms with Crippen LogP contribution in [-0.2, 0) is 0 Å². The van der Waals surface area contributed by atoms with Crippen molar-refractivity contribution in [3.05, 3.63) is 69.6 Å². The Morgan fingerprint density at radius 3 is 2.62 bits per heavy atom. The van der Waals surface area contributed by atoms with Crippen LogP contribution >= 0.6 is 0 Å². The van der Waals surface area contributed by atoms with Crippen LogP contribution in [0.15, 0.2) is 51.7 Å². The van der Waals surface area contributed by atoms with Crippen LogP contribution in [0.3, 0.4) is 0 Å². The molecule has 1 aliphatic heterocycles. The molecule has 0 bridgehead atoms. The van der Waals surface area contributed by atoms with Gasteiger partial charge >= 0.3 is 0 Å². The summed E-state index contributed by atoms with van der Waals surface area (Å²) in [7, 11) is 0. The molecule has 0 fully saturated rings. The van der Waals surface area contributed by atoms with E-state index >= 15 is 0 Å². The normalized spacial score (nSPS) is 15.3. The van der Waals surface area contributed by atoms with Gasteiger partial charge in [-0.05, 0) is 49.6 Å². The molecule has 1 atom stereocenters. The van der Waals surface area contributed by atoms with Gasteiger partial charge in [0, 0.05) is 13.2 Å². The van der Waals surface area contributed by atoms with E-state index in [1.54, 1.807) is 29.2 Å². The van der Waals surface area contributed by atoms with Crippen molar-refractivity contribution in [1.82, 2.24) is 4.90 Å². The standard InChI is InChI=1S/C25H27NO6/c1-3-14-31-19-11-10-16(15-20(19)30-4-2)22-21-23(28)17-8-5-6-9-18(17)32-24(21)25(29)26(22)12-7-13-27/h5-6,8-11,15,22,27H,3-4,7,12-14H2,1-2H3/t22-/m0/s1. The van der Waals surface area contributed by atoms with Gasteiger partial charge < -0.3 is 23.9 Å². The quantitative estimate of drug-likeness (QED) is 0.546. The molecule has 7 heteroatoms. The van der Waals surface area contributed by atoms with E-state index in [1.165, 1.54) is 0 Å². The van der Waals surface area contributed by atoms with Crippen molar-refractivity contribution in [2.75, 3.05) is 26.4 Å². The van der Waals surface area contributed by atoms with Crippen LogP contribution in [-0.4, -0.2) is 42.3 Å². The topological polar surface area (TPSA) is 89.2 Å². The van der Waals surface area contributed by atoms with Crippen molar-refractivity contribution in [2.45, 2.75) is 32.7 Å². The summed E-state index contributed by atoms with van der Waals surface area (Å²) in [6.45, 7) is 5.15. The molecule has 0 radical (unpaired) electrons. The Bertz CT molecular complexity index is 1180. The second-order valence-corrected chi connectivity index (χ2v) is 7.64. The fourth-order valence-electron chi connectivity index (χ4n) is 4.08. The van der Waals surface area contributed by atoms with Crippen LogP contribution in [0.5, 0.6) is 11.5 Å². The van der Waals surface area contributed by atoms with E-state index in [1.807, 2.05) is 32.0 Å². The van der Waals surface area contributed by atoms with Crippen molar-refractivity contribution in [1.29, 1.82) is 0 Å². The lowest BCUT2D eigenvalue weighted by atomic mass is 9.98. The number of amides is 1. The summed E-state index contributed by atoms with van der Waals surface area (Å²) in [4.78, 5) is 28.3. The van der Waals surface area contributed by atoms with Gasteiger partial charge in [0.25, 0.3) is 5.91 Å². The average molecular weight is 437 g/mol. The maximum Gasteiger partial charge on any atom is 0.290 e. The van der Waals surface area contributed by atoms with E-state index in [0.717, 1.165) is 12.0 Å². The Kier molecular flexibility index (Phi) is 6.46. The zero-order valence-electron chi connectivity index (χ0n) is 18.3. The van der Waals surface area contributed by atoms with Crippen molar-refractivity contribution in [2.24, 2.45) is 0 Å². The number of ether oxygens (including phenoxy) is 2. The zero-order chi connectivity index (χ0) is 22.7. The lowest BCUT2D eigenvalue weighted by molar-refractivity contribution is 0.0716. The number of carbonyl (C=O) groups is 1. The summed E-state index contributed by atoms with van der Waals surface area (Å²) in [5.74, 6) is 0.882. The zero-order valence-corrected chi connectivity index (χ0v) is 18.3. The SMILES string of the molecule is CCCOc1ccc([C@H]2c3c(oc4ccccc4c3=O)C(=O)N2CCCO)cc1OCC. The number of hydrogen-bond donors (Lipinski definition) is 1. The van der Waals surface area contributed by atoms with Crippen LogP contribution in [0.4, 0.5) is 0 Å². The second-order valence-electron chi connectivity index (χ2n) is 7.64. The molecule has 1 aromatic heterocycles. The first-order chi connectivity index (χ1) is 15.6. The Morgan fingerprint density at radius 2 is 1.88 bits per heavy atom. The van der Waals surface area contributed by atoms with E-state index in [9.17, 15) is 14.7 Å². The molecule has 1 aliphatic rings. The molecule has 4 rings (SSSR count). The van der Waals surface area contributed by atoms with Crippen molar-refractivity contribution >= 4 is 16.9 Å². The van der Waals surface area contributed by atoms with Gasteiger partial charge in [0.05, 0.1) is 30.2 Å². The van der Waals surface area contributed by atoms with E-state index < -0.39 is 6.04 Å². The van der Waals surface area contributed by atoms with Gasteiger partial charge in [-0.15, -0.1) is 0 Å². The lowest BCUT2D eigenvalue weighted by Gasteiger charge is -2.25. The Labute approximate surface area is 186 Å². The number of carbonyl (C=O) groups excluding carboxylic acids is 1. The molecule has 1 amide bonds. The predicted octanol–water partition coefficient (Wildman–Crippen LogP) is 3.91. The summed E-state index contributed by atoms with van der Waals surface area (Å²) in [6, 6.07) is 11.8. The van der Waals surface area contributed by atoms with Gasteiger partial charge in [0.15, 0.2) is 16.9 Å². The average Bonchev–Trinajstić information content (AvgIpc) is 3.09. The fraction of sp³-hybridized carbons (Fsp3) is 0.360. The summed E-state index contributed by atoms with van der Waals surface area (Å²) >= 11 is 0. The van der Waals surface area contributed by atoms with E-state index in [0.29, 0.717) is 47.7 Å². The van der Waals surface area contributed by atoms with Crippen molar-refractivity contribution in [3.8, 4) is 11.5 Å². The first-order valence-corrected chi connectivity index (χ1v) is 11.0. The van der Waals surface area contributed by atoms with Crippen LogP contribution in [0.1, 0.15) is 54.4 Å². The molecule has 0 aliphatic carbocycles. The molecule has 0 spiro atoms. The molecule has 0 saturated carbocycles. The fourth-order valence-corrected chi connectivity index (χ4v) is 4.08. The highest BCUT2D eigenvalue weighted by molar-refractivity contribution is 5.99. The molecule has 7 nitrogen and oxygen atoms in total. The summed E-state index contributed by atoms with van der Waals surface area (Å²) in [6.07, 6.45) is 1.25. The minimum absolute atomic E-state index is 0.0564. The molecule has 168 valence electrons. The van der Waals surface area contributed by atoms with Gasteiger partial charge in [-0.2, -0.15) is 0 Å². The van der Waals surface area contributed by atoms with Crippen molar-refractivity contribution < 1.29 is 23.8 Å². The third-order valence-corrected chi connectivity index (χ3v) is 5.48. The smallest absolute Gasteiger partial charge is 0.290 e. The third kappa shape index (κ3) is 3.84. The largest absolute Gasteiger partial charge is 0.490 e. The molecule has 2 aromatic carbocycles. The van der Waals surface area contributed by atoms with E-state index in [-0.39, 0.29) is 30.2 Å². The maximum atomic E-state index is 13.4. The highest BCUT2D eigenvalue weighted by atomic mass is 16.5. The van der Waals surface area contributed by atoms with Gasteiger partial charge in [0.1, 0.15) is 5.58 Å². The van der Waals surface area contributed by atoms with Crippen LogP contribution in [0, 0.1) is 0 Å². The first kappa shape index (κ1) is 21.9. The number of benzene rings is 2. The van der Waals surface area contributed by atoms with Crippen molar-refractivity contribution in [3.63, 3.8) is 0 Å². The number of hydrogen-bond acceptors (Lipinski definition) is 6. The highest BCUT2D eigenvalue weighted by Crippen LogP contribution is 2.41. The third-order valence-electron chi connectivity index (χ3n) is 5.48. The van der Waals surface area contributed by atoms with Gasteiger partial charge in [-0.25, -0.2) is 0 Å².